The number of aryl methyl sites for hydroxylation is 1. The highest BCUT2D eigenvalue weighted by molar-refractivity contribution is 5.98. The molecular weight excluding hydrogens is 332 g/mol. The molecule has 0 spiro atoms. The number of carbonyl (C=O) groups is 2. The molecule has 0 atom stereocenters. The Bertz CT molecular complexity index is 814. The second-order valence-electron chi connectivity index (χ2n) is 7.04. The number of ether oxygens (including phenoxy) is 1. The molecule has 0 radical (unpaired) electrons. The minimum absolute atomic E-state index is 0.0848. The summed E-state index contributed by atoms with van der Waals surface area (Å²) in [5.74, 6) is -0.947. The number of carboxylic acids is 1. The number of hydrogen-bond donors (Lipinski definition) is 1. The van der Waals surface area contributed by atoms with Gasteiger partial charge in [-0.2, -0.15) is 0 Å². The van der Waals surface area contributed by atoms with Crippen molar-refractivity contribution < 1.29 is 19.4 Å². The van der Waals surface area contributed by atoms with Crippen molar-refractivity contribution in [2.24, 2.45) is 0 Å². The number of rotatable bonds is 6. The van der Waals surface area contributed by atoms with Gasteiger partial charge in [0.2, 0.25) is 0 Å². The van der Waals surface area contributed by atoms with E-state index in [1.807, 2.05) is 41.8 Å². The van der Waals surface area contributed by atoms with E-state index in [9.17, 15) is 9.59 Å². The van der Waals surface area contributed by atoms with Gasteiger partial charge in [0.15, 0.2) is 0 Å². The molecule has 6 heteroatoms. The first-order chi connectivity index (χ1) is 12.2. The van der Waals surface area contributed by atoms with Crippen LogP contribution in [0.3, 0.4) is 0 Å². The van der Waals surface area contributed by atoms with Crippen LogP contribution in [0, 0.1) is 6.92 Å². The number of carbonyl (C=O) groups excluding carboxylic acids is 1. The number of esters is 1. The number of hydrogen-bond acceptors (Lipinski definition) is 4. The van der Waals surface area contributed by atoms with E-state index in [0.717, 1.165) is 11.4 Å². The maximum atomic E-state index is 12.4. The molecule has 1 N–H and O–H groups in total. The fourth-order valence-electron chi connectivity index (χ4n) is 2.44. The van der Waals surface area contributed by atoms with Crippen LogP contribution in [0.4, 0.5) is 0 Å². The van der Waals surface area contributed by atoms with Crippen molar-refractivity contribution in [3.8, 4) is 0 Å². The van der Waals surface area contributed by atoms with Crippen molar-refractivity contribution in [2.75, 3.05) is 0 Å². The minimum Gasteiger partial charge on any atom is -0.481 e. The first-order valence-electron chi connectivity index (χ1n) is 8.37. The van der Waals surface area contributed by atoms with Gasteiger partial charge in [-0.1, -0.05) is 30.3 Å². The van der Waals surface area contributed by atoms with Crippen molar-refractivity contribution in [1.82, 2.24) is 9.55 Å². The molecule has 0 aliphatic carbocycles. The number of carboxylic acid groups (broad SMARTS) is 1. The second-order valence-corrected chi connectivity index (χ2v) is 7.04. The largest absolute Gasteiger partial charge is 0.481 e. The van der Waals surface area contributed by atoms with Gasteiger partial charge in [-0.25, -0.2) is 9.78 Å². The van der Waals surface area contributed by atoms with Gasteiger partial charge in [-0.15, -0.1) is 0 Å². The molecule has 0 saturated carbocycles. The SMILES string of the molecule is Cc1ncc(C=C(CC(=O)O)C(=O)OC(C)(C)C)n1Cc1ccccc1. The zero-order chi connectivity index (χ0) is 19.3. The molecule has 1 aromatic heterocycles. The maximum Gasteiger partial charge on any atom is 0.335 e. The molecule has 6 nitrogen and oxygen atoms in total. The standard InChI is InChI=1S/C20H24N2O4/c1-14-21-12-17(22(14)13-15-8-6-5-7-9-15)10-16(11-18(23)24)19(25)26-20(2,3)4/h5-10,12H,11,13H2,1-4H3,(H,23,24). The summed E-state index contributed by atoms with van der Waals surface area (Å²) in [6, 6.07) is 9.85. The van der Waals surface area contributed by atoms with E-state index in [1.54, 1.807) is 33.0 Å². The van der Waals surface area contributed by atoms with Crippen LogP contribution in [-0.2, 0) is 20.9 Å². The molecule has 1 aromatic carbocycles. The van der Waals surface area contributed by atoms with E-state index in [1.165, 1.54) is 0 Å². The fourth-order valence-corrected chi connectivity index (χ4v) is 2.44. The summed E-state index contributed by atoms with van der Waals surface area (Å²) in [4.78, 5) is 27.9. The molecule has 0 unspecified atom stereocenters. The number of imidazole rings is 1. The molecule has 0 fully saturated rings. The molecule has 0 aliphatic heterocycles. The smallest absolute Gasteiger partial charge is 0.335 e. The molecule has 0 aliphatic rings. The predicted molar refractivity (Wildman–Crippen MR) is 98.6 cm³/mol. The Kier molecular flexibility index (Phi) is 5.97. The van der Waals surface area contributed by atoms with Gasteiger partial charge in [-0.3, -0.25) is 4.79 Å². The summed E-state index contributed by atoms with van der Waals surface area (Å²) in [6.45, 7) is 7.67. The normalized spacial score (nSPS) is 12.1. The van der Waals surface area contributed by atoms with Gasteiger partial charge in [0.25, 0.3) is 0 Å². The van der Waals surface area contributed by atoms with Crippen molar-refractivity contribution in [3.05, 3.63) is 59.2 Å². The highest BCUT2D eigenvalue weighted by Crippen LogP contribution is 2.18. The van der Waals surface area contributed by atoms with E-state index in [2.05, 4.69) is 4.98 Å². The lowest BCUT2D eigenvalue weighted by atomic mass is 10.1. The molecule has 2 aromatic rings. The van der Waals surface area contributed by atoms with Gasteiger partial charge >= 0.3 is 11.9 Å². The quantitative estimate of drug-likeness (QED) is 0.633. The maximum absolute atomic E-state index is 12.4. The molecule has 0 amide bonds. The van der Waals surface area contributed by atoms with Crippen LogP contribution < -0.4 is 0 Å². The van der Waals surface area contributed by atoms with Crippen LogP contribution in [0.5, 0.6) is 0 Å². The number of nitrogens with zero attached hydrogens (tertiary/aromatic N) is 2. The van der Waals surface area contributed by atoms with Crippen LogP contribution >= 0.6 is 0 Å². The van der Waals surface area contributed by atoms with Crippen molar-refractivity contribution in [3.63, 3.8) is 0 Å². The lowest BCUT2D eigenvalue weighted by molar-refractivity contribution is -0.151. The molecule has 26 heavy (non-hydrogen) atoms. The average molecular weight is 356 g/mol. The number of benzene rings is 1. The van der Waals surface area contributed by atoms with Crippen LogP contribution in [0.1, 0.15) is 44.3 Å². The lowest BCUT2D eigenvalue weighted by Crippen LogP contribution is -2.25. The van der Waals surface area contributed by atoms with Gasteiger partial charge in [-0.05, 0) is 39.3 Å². The molecule has 1 heterocycles. The summed E-state index contributed by atoms with van der Waals surface area (Å²) < 4.78 is 7.27. The van der Waals surface area contributed by atoms with Gasteiger partial charge < -0.3 is 14.4 Å². The Morgan fingerprint density at radius 2 is 1.88 bits per heavy atom. The zero-order valence-electron chi connectivity index (χ0n) is 15.5. The third-order valence-corrected chi connectivity index (χ3v) is 3.59. The zero-order valence-corrected chi connectivity index (χ0v) is 15.5. The number of aliphatic carboxylic acids is 1. The molecule has 138 valence electrons. The van der Waals surface area contributed by atoms with E-state index in [4.69, 9.17) is 9.84 Å². The van der Waals surface area contributed by atoms with Crippen molar-refractivity contribution in [1.29, 1.82) is 0 Å². The van der Waals surface area contributed by atoms with Crippen LogP contribution in [0.15, 0.2) is 42.1 Å². The first kappa shape index (κ1) is 19.4. The monoisotopic (exact) mass is 356 g/mol. The predicted octanol–water partition coefficient (Wildman–Crippen LogP) is 3.44. The summed E-state index contributed by atoms with van der Waals surface area (Å²) in [6.07, 6.45) is 2.76. The molecule has 0 saturated heterocycles. The Labute approximate surface area is 153 Å². The Morgan fingerprint density at radius 1 is 1.23 bits per heavy atom. The fraction of sp³-hybridized carbons (Fsp3) is 0.350. The summed E-state index contributed by atoms with van der Waals surface area (Å²) in [5.41, 5.74) is 1.13. The third-order valence-electron chi connectivity index (χ3n) is 3.59. The van der Waals surface area contributed by atoms with Crippen molar-refractivity contribution >= 4 is 18.0 Å². The minimum atomic E-state index is -1.09. The second kappa shape index (κ2) is 7.99. The van der Waals surface area contributed by atoms with Gasteiger partial charge in [0.05, 0.1) is 23.9 Å². The Hall–Kier alpha value is -2.89. The van der Waals surface area contributed by atoms with E-state index >= 15 is 0 Å². The van der Waals surface area contributed by atoms with Gasteiger partial charge in [0.1, 0.15) is 11.4 Å². The Morgan fingerprint density at radius 3 is 2.46 bits per heavy atom. The average Bonchev–Trinajstić information content (AvgIpc) is 2.86. The lowest BCUT2D eigenvalue weighted by Gasteiger charge is -2.20. The van der Waals surface area contributed by atoms with Crippen molar-refractivity contribution in [2.45, 2.75) is 46.3 Å². The summed E-state index contributed by atoms with van der Waals surface area (Å²) >= 11 is 0. The molecule has 0 bridgehead atoms. The van der Waals surface area contributed by atoms with Gasteiger partial charge in [0, 0.05) is 6.54 Å². The Balaban J connectivity index is 2.37. The summed E-state index contributed by atoms with van der Waals surface area (Å²) in [7, 11) is 0. The third kappa shape index (κ3) is 5.58. The van der Waals surface area contributed by atoms with E-state index in [-0.39, 0.29) is 5.57 Å². The molecular formula is C20H24N2O4. The highest BCUT2D eigenvalue weighted by Gasteiger charge is 2.22. The van der Waals surface area contributed by atoms with Crippen LogP contribution in [0.2, 0.25) is 0 Å². The van der Waals surface area contributed by atoms with Crippen LogP contribution in [-0.4, -0.2) is 32.2 Å². The number of aromatic nitrogens is 2. The summed E-state index contributed by atoms with van der Waals surface area (Å²) in [5, 5.41) is 9.15. The first-order valence-corrected chi connectivity index (χ1v) is 8.37. The topological polar surface area (TPSA) is 81.4 Å². The van der Waals surface area contributed by atoms with E-state index in [0.29, 0.717) is 12.2 Å². The molecule has 2 rings (SSSR count). The van der Waals surface area contributed by atoms with E-state index < -0.39 is 24.0 Å². The highest BCUT2D eigenvalue weighted by atomic mass is 16.6. The van der Waals surface area contributed by atoms with Crippen LogP contribution in [0.25, 0.3) is 6.08 Å².